The van der Waals surface area contributed by atoms with E-state index in [0.29, 0.717) is 18.6 Å². The molecule has 27 heavy (non-hydrogen) atoms. The number of likely N-dealkylation sites (tertiary alicyclic amines) is 1. The first-order chi connectivity index (χ1) is 13.0. The van der Waals surface area contributed by atoms with Crippen LogP contribution in [0.15, 0.2) is 4.99 Å². The number of rotatable bonds is 7. The Labute approximate surface area is 164 Å². The van der Waals surface area contributed by atoms with Gasteiger partial charge in [-0.25, -0.2) is 4.99 Å². The van der Waals surface area contributed by atoms with Gasteiger partial charge >= 0.3 is 0 Å². The van der Waals surface area contributed by atoms with Gasteiger partial charge in [0.2, 0.25) is 5.91 Å². The fraction of sp³-hybridized carbons (Fsp3) is 0.900. The van der Waals surface area contributed by atoms with Crippen molar-refractivity contribution in [3.05, 3.63) is 0 Å². The second-order valence-electron chi connectivity index (χ2n) is 8.21. The van der Waals surface area contributed by atoms with Crippen LogP contribution in [-0.2, 0) is 14.3 Å². The molecule has 7 nitrogen and oxygen atoms in total. The molecule has 0 aliphatic carbocycles. The first kappa shape index (κ1) is 22.0. The van der Waals surface area contributed by atoms with E-state index in [9.17, 15) is 4.79 Å². The highest BCUT2D eigenvalue weighted by molar-refractivity contribution is 5.84. The first-order valence-corrected chi connectivity index (χ1v) is 10.4. The van der Waals surface area contributed by atoms with Crippen LogP contribution in [0.1, 0.15) is 46.0 Å². The van der Waals surface area contributed by atoms with Gasteiger partial charge in [-0.2, -0.15) is 0 Å². The summed E-state index contributed by atoms with van der Waals surface area (Å²) in [7, 11) is 3.52. The Balaban J connectivity index is 1.80. The number of likely N-dealkylation sites (N-methyl/N-ethyl adjacent to an activating group) is 1. The van der Waals surface area contributed by atoms with Crippen molar-refractivity contribution in [3.63, 3.8) is 0 Å². The van der Waals surface area contributed by atoms with Gasteiger partial charge in [-0.3, -0.25) is 4.79 Å². The zero-order chi connectivity index (χ0) is 19.6. The molecule has 1 atom stereocenters. The van der Waals surface area contributed by atoms with E-state index in [0.717, 1.165) is 51.5 Å². The number of amides is 1. The molecule has 0 aromatic heterocycles. The summed E-state index contributed by atoms with van der Waals surface area (Å²) in [5.74, 6) is 1.38. The van der Waals surface area contributed by atoms with Gasteiger partial charge in [-0.1, -0.05) is 13.8 Å². The third-order valence-corrected chi connectivity index (χ3v) is 5.06. The van der Waals surface area contributed by atoms with Crippen LogP contribution in [-0.4, -0.2) is 87.4 Å². The summed E-state index contributed by atoms with van der Waals surface area (Å²) in [6, 6.07) is 0. The Kier molecular flexibility index (Phi) is 9.34. The molecule has 0 spiro atoms. The van der Waals surface area contributed by atoms with Crippen LogP contribution in [0.25, 0.3) is 0 Å². The average molecular weight is 383 g/mol. The van der Waals surface area contributed by atoms with E-state index in [1.54, 1.807) is 19.0 Å². The third kappa shape index (κ3) is 8.05. The highest BCUT2D eigenvalue weighted by atomic mass is 16.5. The van der Waals surface area contributed by atoms with Crippen molar-refractivity contribution in [1.82, 2.24) is 15.1 Å². The first-order valence-electron chi connectivity index (χ1n) is 10.4. The number of carbonyl (C=O) groups excluding carboxylic acids is 1. The Morgan fingerprint density at radius 1 is 1.26 bits per heavy atom. The van der Waals surface area contributed by atoms with Crippen LogP contribution < -0.4 is 5.32 Å². The lowest BCUT2D eigenvalue weighted by Gasteiger charge is -2.35. The molecule has 7 heteroatoms. The van der Waals surface area contributed by atoms with Crippen molar-refractivity contribution >= 4 is 11.9 Å². The van der Waals surface area contributed by atoms with Gasteiger partial charge in [0.1, 0.15) is 6.54 Å². The summed E-state index contributed by atoms with van der Waals surface area (Å²) in [6.07, 6.45) is 6.08. The largest absolute Gasteiger partial charge is 0.376 e. The van der Waals surface area contributed by atoms with E-state index in [1.165, 1.54) is 12.8 Å². The summed E-state index contributed by atoms with van der Waals surface area (Å²) >= 11 is 0. The fourth-order valence-corrected chi connectivity index (χ4v) is 3.26. The molecule has 0 aromatic carbocycles. The van der Waals surface area contributed by atoms with Gasteiger partial charge in [0, 0.05) is 40.3 Å². The number of guanidine groups is 1. The Morgan fingerprint density at radius 3 is 2.59 bits per heavy atom. The molecule has 156 valence electrons. The summed E-state index contributed by atoms with van der Waals surface area (Å²) in [4.78, 5) is 20.3. The summed E-state index contributed by atoms with van der Waals surface area (Å²) in [5, 5.41) is 3.43. The van der Waals surface area contributed by atoms with E-state index < -0.39 is 0 Å². The number of piperidine rings is 1. The fourth-order valence-electron chi connectivity index (χ4n) is 3.26. The molecular weight excluding hydrogens is 344 g/mol. The number of ether oxygens (including phenoxy) is 2. The van der Waals surface area contributed by atoms with E-state index in [2.05, 4.69) is 29.1 Å². The molecule has 1 N–H and O–H groups in total. The lowest BCUT2D eigenvalue weighted by atomic mass is 10.1. The molecule has 1 unspecified atom stereocenters. The smallest absolute Gasteiger partial charge is 0.243 e. The number of hydrogen-bond acceptors (Lipinski definition) is 4. The zero-order valence-corrected chi connectivity index (χ0v) is 17.6. The monoisotopic (exact) mass is 382 g/mol. The molecule has 0 saturated carbocycles. The Hall–Kier alpha value is -1.34. The molecule has 2 rings (SSSR count). The van der Waals surface area contributed by atoms with Gasteiger partial charge in [0.25, 0.3) is 0 Å². The van der Waals surface area contributed by atoms with E-state index in [-0.39, 0.29) is 18.6 Å². The number of aliphatic imine (C=N–C) groups is 1. The van der Waals surface area contributed by atoms with Gasteiger partial charge < -0.3 is 24.6 Å². The van der Waals surface area contributed by atoms with Crippen LogP contribution in [0.4, 0.5) is 0 Å². The number of hydrogen-bond donors (Lipinski definition) is 1. The van der Waals surface area contributed by atoms with E-state index in [1.807, 2.05) is 0 Å². The van der Waals surface area contributed by atoms with Crippen LogP contribution >= 0.6 is 0 Å². The normalized spacial score (nSPS) is 22.2. The third-order valence-electron chi connectivity index (χ3n) is 5.06. The van der Waals surface area contributed by atoms with Crippen molar-refractivity contribution in [2.75, 3.05) is 53.5 Å². The lowest BCUT2D eigenvalue weighted by molar-refractivity contribution is -0.127. The predicted octanol–water partition coefficient (Wildman–Crippen LogP) is 1.73. The molecule has 2 aliphatic heterocycles. The minimum atomic E-state index is 0.0181. The number of nitrogens with one attached hydrogen (secondary N) is 1. The Bertz CT molecular complexity index is 468. The van der Waals surface area contributed by atoms with Crippen LogP contribution in [0.5, 0.6) is 0 Å². The Morgan fingerprint density at radius 2 is 2.00 bits per heavy atom. The van der Waals surface area contributed by atoms with Crippen LogP contribution in [0, 0.1) is 5.92 Å². The SMILES string of the molecule is CC(C)CNC(=NCC(=O)N(C)C)N1CCC(OCC2CCCCO2)CC1. The summed E-state index contributed by atoms with van der Waals surface area (Å²) in [6.45, 7) is 8.76. The molecule has 0 radical (unpaired) electrons. The maximum atomic E-state index is 11.9. The van der Waals surface area contributed by atoms with Crippen molar-refractivity contribution in [2.24, 2.45) is 10.9 Å². The van der Waals surface area contributed by atoms with Crippen molar-refractivity contribution in [3.8, 4) is 0 Å². The van der Waals surface area contributed by atoms with E-state index >= 15 is 0 Å². The molecule has 1 amide bonds. The minimum Gasteiger partial charge on any atom is -0.376 e. The molecule has 0 bridgehead atoms. The van der Waals surface area contributed by atoms with Crippen molar-refractivity contribution in [2.45, 2.75) is 58.2 Å². The second-order valence-corrected chi connectivity index (χ2v) is 8.21. The minimum absolute atomic E-state index is 0.0181. The maximum absolute atomic E-state index is 11.9. The highest BCUT2D eigenvalue weighted by Gasteiger charge is 2.24. The zero-order valence-electron chi connectivity index (χ0n) is 17.6. The second kappa shape index (κ2) is 11.5. The quantitative estimate of drug-likeness (QED) is 0.537. The molecule has 0 aromatic rings. The van der Waals surface area contributed by atoms with Crippen LogP contribution in [0.2, 0.25) is 0 Å². The maximum Gasteiger partial charge on any atom is 0.243 e. The van der Waals surface area contributed by atoms with Crippen molar-refractivity contribution in [1.29, 1.82) is 0 Å². The van der Waals surface area contributed by atoms with Crippen LogP contribution in [0.3, 0.4) is 0 Å². The van der Waals surface area contributed by atoms with Crippen molar-refractivity contribution < 1.29 is 14.3 Å². The van der Waals surface area contributed by atoms with Gasteiger partial charge in [-0.05, 0) is 38.0 Å². The van der Waals surface area contributed by atoms with E-state index in [4.69, 9.17) is 9.47 Å². The highest BCUT2D eigenvalue weighted by Crippen LogP contribution is 2.18. The molecule has 2 aliphatic rings. The van der Waals surface area contributed by atoms with Gasteiger partial charge in [0.05, 0.1) is 18.8 Å². The summed E-state index contributed by atoms with van der Waals surface area (Å²) < 4.78 is 11.9. The lowest BCUT2D eigenvalue weighted by Crippen LogP contribution is -2.48. The van der Waals surface area contributed by atoms with Gasteiger partial charge in [0.15, 0.2) is 5.96 Å². The molecule has 2 saturated heterocycles. The number of nitrogens with zero attached hydrogens (tertiary/aromatic N) is 3. The number of carbonyl (C=O) groups is 1. The average Bonchev–Trinajstić information content (AvgIpc) is 2.67. The predicted molar refractivity (Wildman–Crippen MR) is 108 cm³/mol. The van der Waals surface area contributed by atoms with Gasteiger partial charge in [-0.15, -0.1) is 0 Å². The molecular formula is C20H38N4O3. The standard InChI is InChI=1S/C20H38N4O3/c1-16(2)13-21-20(22-14-19(25)23(3)4)24-10-8-17(9-11-24)27-15-18-7-5-6-12-26-18/h16-18H,5-15H2,1-4H3,(H,21,22). The topological polar surface area (TPSA) is 66.4 Å². The summed E-state index contributed by atoms with van der Waals surface area (Å²) in [5.41, 5.74) is 0. The molecule has 2 heterocycles. The molecule has 2 fully saturated rings.